The number of hydrogen-bond acceptors (Lipinski definition) is 3. The van der Waals surface area contributed by atoms with E-state index in [9.17, 15) is 5.11 Å². The Kier molecular flexibility index (Phi) is 3.65. The summed E-state index contributed by atoms with van der Waals surface area (Å²) < 4.78 is 0. The van der Waals surface area contributed by atoms with Crippen molar-refractivity contribution in [3.63, 3.8) is 0 Å². The maximum absolute atomic E-state index is 9.94. The van der Waals surface area contributed by atoms with E-state index in [0.29, 0.717) is 5.56 Å². The van der Waals surface area contributed by atoms with E-state index in [1.807, 2.05) is 25.1 Å². The fourth-order valence-corrected chi connectivity index (χ4v) is 2.42. The highest BCUT2D eigenvalue weighted by atomic mass is 16.3. The normalized spacial score (nSPS) is 24.1. The molecule has 0 aromatic heterocycles. The lowest BCUT2D eigenvalue weighted by Crippen LogP contribution is -2.36. The molecule has 0 heterocycles. The van der Waals surface area contributed by atoms with Crippen molar-refractivity contribution in [3.05, 3.63) is 29.3 Å². The van der Waals surface area contributed by atoms with Crippen LogP contribution in [-0.4, -0.2) is 17.3 Å². The van der Waals surface area contributed by atoms with Gasteiger partial charge in [0.15, 0.2) is 0 Å². The molecule has 1 aromatic rings. The lowest BCUT2D eigenvalue weighted by atomic mass is 9.92. The van der Waals surface area contributed by atoms with Gasteiger partial charge in [0.2, 0.25) is 0 Å². The number of para-hydroxylation sites is 1. The van der Waals surface area contributed by atoms with Gasteiger partial charge in [-0.15, -0.1) is 0 Å². The van der Waals surface area contributed by atoms with Crippen LogP contribution in [0.5, 0.6) is 0 Å². The van der Waals surface area contributed by atoms with Crippen molar-refractivity contribution in [1.29, 1.82) is 5.26 Å². The van der Waals surface area contributed by atoms with Crippen LogP contribution in [-0.2, 0) is 0 Å². The summed E-state index contributed by atoms with van der Waals surface area (Å²) in [7, 11) is 0. The average Bonchev–Trinajstić information content (AvgIpc) is 2.34. The molecule has 2 rings (SSSR count). The van der Waals surface area contributed by atoms with Gasteiger partial charge in [-0.05, 0) is 31.4 Å². The second-order valence-electron chi connectivity index (χ2n) is 4.71. The summed E-state index contributed by atoms with van der Waals surface area (Å²) in [5, 5.41) is 22.4. The van der Waals surface area contributed by atoms with E-state index in [4.69, 9.17) is 5.26 Å². The third-order valence-corrected chi connectivity index (χ3v) is 3.45. The van der Waals surface area contributed by atoms with Gasteiger partial charge in [-0.3, -0.25) is 0 Å². The Labute approximate surface area is 102 Å². The molecule has 2 atom stereocenters. The summed E-state index contributed by atoms with van der Waals surface area (Å²) in [6, 6.07) is 7.96. The molecule has 3 nitrogen and oxygen atoms in total. The van der Waals surface area contributed by atoms with E-state index in [0.717, 1.165) is 36.9 Å². The van der Waals surface area contributed by atoms with Gasteiger partial charge in [0.25, 0.3) is 0 Å². The first-order valence-electron chi connectivity index (χ1n) is 6.16. The number of nitrogens with zero attached hydrogens (tertiary/aromatic N) is 1. The van der Waals surface area contributed by atoms with Gasteiger partial charge in [0, 0.05) is 0 Å². The summed E-state index contributed by atoms with van der Waals surface area (Å²) in [4.78, 5) is 0. The quantitative estimate of drug-likeness (QED) is 0.821. The average molecular weight is 230 g/mol. The Morgan fingerprint density at radius 3 is 2.82 bits per heavy atom. The highest BCUT2D eigenvalue weighted by Crippen LogP contribution is 2.26. The smallest absolute Gasteiger partial charge is 0.101 e. The minimum absolute atomic E-state index is 0.0805. The molecule has 0 radical (unpaired) electrons. The van der Waals surface area contributed by atoms with Gasteiger partial charge < -0.3 is 10.4 Å². The Bertz CT molecular complexity index is 436. The van der Waals surface area contributed by atoms with Crippen LogP contribution < -0.4 is 5.32 Å². The first kappa shape index (κ1) is 11.9. The minimum Gasteiger partial charge on any atom is -0.391 e. The minimum atomic E-state index is -0.296. The van der Waals surface area contributed by atoms with Crippen LogP contribution in [0.2, 0.25) is 0 Å². The number of hydrogen-bond donors (Lipinski definition) is 2. The molecule has 2 unspecified atom stereocenters. The molecule has 0 saturated heterocycles. The molecule has 90 valence electrons. The van der Waals surface area contributed by atoms with E-state index >= 15 is 0 Å². The van der Waals surface area contributed by atoms with Crippen LogP contribution in [0.25, 0.3) is 0 Å². The molecule has 1 aliphatic carbocycles. The second kappa shape index (κ2) is 5.20. The second-order valence-corrected chi connectivity index (χ2v) is 4.71. The predicted molar refractivity (Wildman–Crippen MR) is 67.8 cm³/mol. The molecular weight excluding hydrogens is 212 g/mol. The number of nitrogens with one attached hydrogen (secondary N) is 1. The van der Waals surface area contributed by atoms with Crippen molar-refractivity contribution in [3.8, 4) is 6.07 Å². The first-order valence-corrected chi connectivity index (χ1v) is 6.16. The van der Waals surface area contributed by atoms with Crippen molar-refractivity contribution >= 4 is 5.69 Å². The molecule has 0 aliphatic heterocycles. The Hall–Kier alpha value is -1.53. The van der Waals surface area contributed by atoms with Gasteiger partial charge in [-0.25, -0.2) is 0 Å². The zero-order chi connectivity index (χ0) is 12.3. The van der Waals surface area contributed by atoms with Crippen LogP contribution >= 0.6 is 0 Å². The third-order valence-electron chi connectivity index (χ3n) is 3.45. The Balaban J connectivity index is 2.20. The lowest BCUT2D eigenvalue weighted by Gasteiger charge is -2.30. The summed E-state index contributed by atoms with van der Waals surface area (Å²) in [6.45, 7) is 1.98. The Morgan fingerprint density at radius 1 is 1.35 bits per heavy atom. The molecule has 1 fully saturated rings. The van der Waals surface area contributed by atoms with E-state index in [1.165, 1.54) is 0 Å². The van der Waals surface area contributed by atoms with Gasteiger partial charge in [-0.1, -0.05) is 25.0 Å². The van der Waals surface area contributed by atoms with Gasteiger partial charge in [-0.2, -0.15) is 5.26 Å². The zero-order valence-corrected chi connectivity index (χ0v) is 10.1. The maximum Gasteiger partial charge on any atom is 0.101 e. The van der Waals surface area contributed by atoms with E-state index in [2.05, 4.69) is 11.4 Å². The molecular formula is C14H18N2O. The molecule has 0 bridgehead atoms. The maximum atomic E-state index is 9.94. The van der Waals surface area contributed by atoms with Gasteiger partial charge >= 0.3 is 0 Å². The molecule has 17 heavy (non-hydrogen) atoms. The van der Waals surface area contributed by atoms with Crippen LogP contribution in [0.4, 0.5) is 5.69 Å². The van der Waals surface area contributed by atoms with Crippen molar-refractivity contribution in [2.75, 3.05) is 5.32 Å². The van der Waals surface area contributed by atoms with Gasteiger partial charge in [0.05, 0.1) is 23.4 Å². The van der Waals surface area contributed by atoms with Crippen molar-refractivity contribution in [1.82, 2.24) is 0 Å². The summed E-state index contributed by atoms with van der Waals surface area (Å²) in [5.41, 5.74) is 2.59. The summed E-state index contributed by atoms with van der Waals surface area (Å²) in [6.07, 6.45) is 3.77. The fourth-order valence-electron chi connectivity index (χ4n) is 2.42. The number of nitriles is 1. The standard InChI is InChI=1S/C14H18N2O/c1-10-5-4-6-11(9-15)14(10)16-12-7-2-3-8-13(12)17/h4-6,12-13,16-17H,2-3,7-8H2,1H3. The number of aliphatic hydroxyl groups is 1. The van der Waals surface area contributed by atoms with Crippen molar-refractivity contribution in [2.24, 2.45) is 0 Å². The number of aliphatic hydroxyl groups excluding tert-OH is 1. The third kappa shape index (κ3) is 2.59. The van der Waals surface area contributed by atoms with E-state index < -0.39 is 0 Å². The van der Waals surface area contributed by atoms with Crippen LogP contribution in [0.1, 0.15) is 36.8 Å². The molecule has 0 spiro atoms. The van der Waals surface area contributed by atoms with Crippen LogP contribution in [0.3, 0.4) is 0 Å². The molecule has 3 heteroatoms. The topological polar surface area (TPSA) is 56.0 Å². The highest BCUT2D eigenvalue weighted by molar-refractivity contribution is 5.62. The van der Waals surface area contributed by atoms with Crippen LogP contribution in [0, 0.1) is 18.3 Å². The molecule has 1 aliphatic rings. The Morgan fingerprint density at radius 2 is 2.12 bits per heavy atom. The van der Waals surface area contributed by atoms with Gasteiger partial charge in [0.1, 0.15) is 6.07 Å². The number of aryl methyl sites for hydroxylation is 1. The number of benzene rings is 1. The molecule has 1 saturated carbocycles. The molecule has 2 N–H and O–H groups in total. The number of anilines is 1. The van der Waals surface area contributed by atoms with E-state index in [-0.39, 0.29) is 12.1 Å². The lowest BCUT2D eigenvalue weighted by molar-refractivity contribution is 0.116. The summed E-state index contributed by atoms with van der Waals surface area (Å²) >= 11 is 0. The number of rotatable bonds is 2. The largest absolute Gasteiger partial charge is 0.391 e. The highest BCUT2D eigenvalue weighted by Gasteiger charge is 2.23. The summed E-state index contributed by atoms with van der Waals surface area (Å²) in [5.74, 6) is 0. The van der Waals surface area contributed by atoms with Crippen molar-refractivity contribution < 1.29 is 5.11 Å². The SMILES string of the molecule is Cc1cccc(C#N)c1NC1CCCCC1O. The predicted octanol–water partition coefficient (Wildman–Crippen LogP) is 2.58. The molecule has 1 aromatic carbocycles. The fraction of sp³-hybridized carbons (Fsp3) is 0.500. The molecule has 0 amide bonds. The zero-order valence-electron chi connectivity index (χ0n) is 10.1. The first-order chi connectivity index (χ1) is 8.22. The van der Waals surface area contributed by atoms with E-state index in [1.54, 1.807) is 0 Å². The van der Waals surface area contributed by atoms with Crippen LogP contribution in [0.15, 0.2) is 18.2 Å². The monoisotopic (exact) mass is 230 g/mol. The van der Waals surface area contributed by atoms with Crippen molar-refractivity contribution in [2.45, 2.75) is 44.8 Å².